The third-order valence-corrected chi connectivity index (χ3v) is 2.02. The summed E-state index contributed by atoms with van der Waals surface area (Å²) in [7, 11) is 1.17. The monoisotopic (exact) mass is 263 g/mol. The number of methoxy groups -OCH3 is 1. The van der Waals surface area contributed by atoms with Crippen molar-refractivity contribution >= 4 is 21.9 Å². The van der Waals surface area contributed by atoms with E-state index in [2.05, 4.69) is 20.7 Å². The zero-order chi connectivity index (χ0) is 10.7. The fourth-order valence-electron chi connectivity index (χ4n) is 0.908. The number of halogens is 2. The highest BCUT2D eigenvalue weighted by Gasteiger charge is 2.18. The Morgan fingerprint density at radius 3 is 2.93 bits per heavy atom. The van der Waals surface area contributed by atoms with Crippen molar-refractivity contribution in [1.82, 2.24) is 0 Å². The number of hydrogen-bond donors (Lipinski definition) is 0. The molecule has 0 bridgehead atoms. The van der Waals surface area contributed by atoms with Gasteiger partial charge in [0.2, 0.25) is 5.69 Å². The average Bonchev–Trinajstić information content (AvgIpc) is 2.10. The SMILES string of the molecule is COC(=O)Cc1c(F)cc(Br)c[n+]1[O-]. The van der Waals surface area contributed by atoms with Crippen LogP contribution in [-0.4, -0.2) is 13.1 Å². The van der Waals surface area contributed by atoms with E-state index in [4.69, 9.17) is 0 Å². The summed E-state index contributed by atoms with van der Waals surface area (Å²) < 4.78 is 18.1. The quantitative estimate of drug-likeness (QED) is 0.453. The van der Waals surface area contributed by atoms with Crippen LogP contribution in [0, 0.1) is 11.0 Å². The van der Waals surface area contributed by atoms with Crippen LogP contribution in [0.25, 0.3) is 0 Å². The van der Waals surface area contributed by atoms with Crippen molar-refractivity contribution in [1.29, 1.82) is 0 Å². The molecule has 1 aromatic rings. The van der Waals surface area contributed by atoms with Crippen LogP contribution in [0.5, 0.6) is 0 Å². The zero-order valence-electron chi connectivity index (χ0n) is 7.29. The third-order valence-electron chi connectivity index (χ3n) is 1.59. The van der Waals surface area contributed by atoms with Crippen molar-refractivity contribution < 1.29 is 18.7 Å². The molecule has 1 heterocycles. The van der Waals surface area contributed by atoms with Crippen molar-refractivity contribution in [2.75, 3.05) is 7.11 Å². The molecule has 76 valence electrons. The van der Waals surface area contributed by atoms with Crippen molar-refractivity contribution in [3.8, 4) is 0 Å². The first-order valence-electron chi connectivity index (χ1n) is 3.68. The van der Waals surface area contributed by atoms with Crippen LogP contribution in [-0.2, 0) is 16.0 Å². The van der Waals surface area contributed by atoms with E-state index >= 15 is 0 Å². The Morgan fingerprint density at radius 1 is 1.79 bits per heavy atom. The lowest BCUT2D eigenvalue weighted by Crippen LogP contribution is -2.34. The molecular weight excluding hydrogens is 257 g/mol. The first kappa shape index (κ1) is 10.9. The number of carbonyl (C=O) groups is 1. The van der Waals surface area contributed by atoms with Gasteiger partial charge in [0, 0.05) is 6.07 Å². The number of aromatic nitrogens is 1. The first-order valence-corrected chi connectivity index (χ1v) is 4.47. The maximum absolute atomic E-state index is 13.1. The van der Waals surface area contributed by atoms with Gasteiger partial charge in [0.1, 0.15) is 6.42 Å². The number of nitrogens with zero attached hydrogens (tertiary/aromatic N) is 1. The molecular formula is C8H7BrFNO3. The van der Waals surface area contributed by atoms with Crippen LogP contribution >= 0.6 is 15.9 Å². The van der Waals surface area contributed by atoms with Crippen LogP contribution in [0.15, 0.2) is 16.7 Å². The van der Waals surface area contributed by atoms with Gasteiger partial charge in [-0.05, 0) is 15.9 Å². The highest BCUT2D eigenvalue weighted by molar-refractivity contribution is 9.10. The minimum atomic E-state index is -0.736. The van der Waals surface area contributed by atoms with Gasteiger partial charge in [-0.25, -0.2) is 0 Å². The summed E-state index contributed by atoms with van der Waals surface area (Å²) in [5.74, 6) is -1.39. The topological polar surface area (TPSA) is 53.2 Å². The highest BCUT2D eigenvalue weighted by atomic mass is 79.9. The van der Waals surface area contributed by atoms with Gasteiger partial charge in [0.15, 0.2) is 12.0 Å². The number of ether oxygens (including phenoxy) is 1. The molecule has 0 aromatic carbocycles. The number of esters is 1. The van der Waals surface area contributed by atoms with E-state index in [-0.39, 0.29) is 12.1 Å². The molecule has 0 amide bonds. The van der Waals surface area contributed by atoms with Gasteiger partial charge in [0.05, 0.1) is 11.6 Å². The molecule has 0 N–H and O–H groups in total. The second-order valence-corrected chi connectivity index (χ2v) is 3.45. The minimum Gasteiger partial charge on any atom is -0.618 e. The molecule has 1 rings (SSSR count). The molecule has 0 radical (unpaired) electrons. The average molecular weight is 264 g/mol. The Bertz CT molecular complexity index is 347. The van der Waals surface area contributed by atoms with Crippen LogP contribution in [0.4, 0.5) is 4.39 Å². The van der Waals surface area contributed by atoms with E-state index in [1.54, 1.807) is 0 Å². The van der Waals surface area contributed by atoms with Crippen molar-refractivity contribution in [2.45, 2.75) is 6.42 Å². The van der Waals surface area contributed by atoms with Gasteiger partial charge >= 0.3 is 5.97 Å². The highest BCUT2D eigenvalue weighted by Crippen LogP contribution is 2.11. The Morgan fingerprint density at radius 2 is 2.43 bits per heavy atom. The molecule has 0 atom stereocenters. The zero-order valence-corrected chi connectivity index (χ0v) is 8.88. The number of rotatable bonds is 2. The first-order chi connectivity index (χ1) is 6.54. The van der Waals surface area contributed by atoms with Crippen LogP contribution in [0.3, 0.4) is 0 Å². The fourth-order valence-corrected chi connectivity index (χ4v) is 1.30. The van der Waals surface area contributed by atoms with E-state index in [1.165, 1.54) is 7.11 Å². The minimum absolute atomic E-state index is 0.250. The van der Waals surface area contributed by atoms with Crippen molar-refractivity contribution in [3.63, 3.8) is 0 Å². The summed E-state index contributed by atoms with van der Waals surface area (Å²) in [5.41, 5.74) is -0.250. The molecule has 0 aliphatic rings. The lowest BCUT2D eigenvalue weighted by molar-refractivity contribution is -0.615. The molecule has 14 heavy (non-hydrogen) atoms. The largest absolute Gasteiger partial charge is 0.618 e. The number of pyridine rings is 1. The summed E-state index contributed by atoms with van der Waals surface area (Å²) in [5, 5.41) is 11.2. The third kappa shape index (κ3) is 2.41. The Kier molecular flexibility index (Phi) is 3.40. The van der Waals surface area contributed by atoms with E-state index in [1.807, 2.05) is 0 Å². The molecule has 4 nitrogen and oxygen atoms in total. The van der Waals surface area contributed by atoms with Crippen LogP contribution in [0.2, 0.25) is 0 Å². The maximum atomic E-state index is 13.1. The van der Waals surface area contributed by atoms with Gasteiger partial charge in [-0.1, -0.05) is 0 Å². The fraction of sp³-hybridized carbons (Fsp3) is 0.250. The molecule has 0 aliphatic heterocycles. The Labute approximate surface area is 88.0 Å². The van der Waals surface area contributed by atoms with E-state index < -0.39 is 11.8 Å². The van der Waals surface area contributed by atoms with Crippen molar-refractivity contribution in [3.05, 3.63) is 33.5 Å². The van der Waals surface area contributed by atoms with Gasteiger partial charge in [-0.15, -0.1) is 0 Å². The maximum Gasteiger partial charge on any atom is 0.316 e. The lowest BCUT2D eigenvalue weighted by atomic mass is 10.2. The molecule has 0 aliphatic carbocycles. The molecule has 0 saturated heterocycles. The Balaban J connectivity index is 3.02. The molecule has 0 saturated carbocycles. The van der Waals surface area contributed by atoms with Gasteiger partial charge in [0.25, 0.3) is 0 Å². The van der Waals surface area contributed by atoms with Gasteiger partial charge < -0.3 is 9.94 Å². The molecule has 6 heteroatoms. The van der Waals surface area contributed by atoms with Gasteiger partial charge in [-0.2, -0.15) is 9.12 Å². The summed E-state index contributed by atoms with van der Waals surface area (Å²) in [6.07, 6.45) is 0.750. The molecule has 0 fully saturated rings. The molecule has 1 aromatic heterocycles. The summed E-state index contributed by atoms with van der Waals surface area (Å²) in [6, 6.07) is 1.12. The van der Waals surface area contributed by atoms with Crippen molar-refractivity contribution in [2.24, 2.45) is 0 Å². The molecule has 0 unspecified atom stereocenters. The summed E-state index contributed by atoms with van der Waals surface area (Å²) in [6.45, 7) is 0. The van der Waals surface area contributed by atoms with E-state index in [9.17, 15) is 14.4 Å². The van der Waals surface area contributed by atoms with Crippen LogP contribution in [0.1, 0.15) is 5.69 Å². The molecule has 0 spiro atoms. The lowest BCUT2D eigenvalue weighted by Gasteiger charge is -2.04. The summed E-state index contributed by atoms with van der Waals surface area (Å²) >= 11 is 2.95. The number of hydrogen-bond acceptors (Lipinski definition) is 3. The smallest absolute Gasteiger partial charge is 0.316 e. The van der Waals surface area contributed by atoms with Gasteiger partial charge in [-0.3, -0.25) is 4.79 Å². The summed E-state index contributed by atoms with van der Waals surface area (Å²) in [4.78, 5) is 10.8. The second-order valence-electron chi connectivity index (χ2n) is 2.53. The number of carbonyl (C=O) groups excluding carboxylic acids is 1. The Hall–Kier alpha value is -1.17. The van der Waals surface area contributed by atoms with E-state index in [0.29, 0.717) is 9.20 Å². The predicted octanol–water partition coefficient (Wildman–Crippen LogP) is 0.937. The predicted molar refractivity (Wildman–Crippen MR) is 48.8 cm³/mol. The normalized spacial score (nSPS) is 9.93. The van der Waals surface area contributed by atoms with E-state index in [0.717, 1.165) is 12.3 Å². The second kappa shape index (κ2) is 4.36. The standard InChI is InChI=1S/C8H7BrFNO3/c1-14-8(12)3-7-6(10)2-5(9)4-11(7)13/h2,4H,3H2,1H3. The van der Waals surface area contributed by atoms with Crippen LogP contribution < -0.4 is 4.73 Å².